The van der Waals surface area contributed by atoms with Gasteiger partial charge in [-0.25, -0.2) is 0 Å². The van der Waals surface area contributed by atoms with Crippen LogP contribution in [-0.4, -0.2) is 0 Å². The van der Waals surface area contributed by atoms with Crippen molar-refractivity contribution in [2.24, 2.45) is 5.92 Å². The third-order valence-electron chi connectivity index (χ3n) is 1.49. The molecule has 0 N–H and O–H groups in total. The molecule has 0 aliphatic carbocycles. The van der Waals surface area contributed by atoms with Crippen molar-refractivity contribution in [2.75, 3.05) is 0 Å². The maximum Gasteiger partial charge on any atom is 0.00456 e. The summed E-state index contributed by atoms with van der Waals surface area (Å²) in [6.45, 7) is 10.4. The lowest BCUT2D eigenvalue weighted by molar-refractivity contribution is 0.798. The van der Waals surface area contributed by atoms with Crippen LogP contribution in [0.1, 0.15) is 34.6 Å². The zero-order valence-electron chi connectivity index (χ0n) is 8.73. The summed E-state index contributed by atoms with van der Waals surface area (Å²) in [5.74, 6) is 6.55. The average molecular weight is 162 g/mol. The third kappa shape index (κ3) is 4.79. The van der Waals surface area contributed by atoms with E-state index < -0.39 is 0 Å². The van der Waals surface area contributed by atoms with Gasteiger partial charge in [0, 0.05) is 5.57 Å². The van der Waals surface area contributed by atoms with Crippen molar-refractivity contribution in [1.29, 1.82) is 0 Å². The van der Waals surface area contributed by atoms with Gasteiger partial charge in [-0.05, 0) is 26.7 Å². The monoisotopic (exact) mass is 162 g/mol. The lowest BCUT2D eigenvalue weighted by atomic mass is 10.0. The fourth-order valence-electron chi connectivity index (χ4n) is 0.779. The highest BCUT2D eigenvalue weighted by atomic mass is 14.0. The fraction of sp³-hybridized carbons (Fsp3) is 0.500. The van der Waals surface area contributed by atoms with Gasteiger partial charge in [0.05, 0.1) is 0 Å². The van der Waals surface area contributed by atoms with Crippen molar-refractivity contribution < 1.29 is 0 Å². The quantitative estimate of drug-likeness (QED) is 0.430. The summed E-state index contributed by atoms with van der Waals surface area (Å²) in [5, 5.41) is 0. The van der Waals surface area contributed by atoms with Crippen LogP contribution in [0.3, 0.4) is 0 Å². The van der Waals surface area contributed by atoms with Gasteiger partial charge in [0.2, 0.25) is 0 Å². The van der Waals surface area contributed by atoms with Gasteiger partial charge in [-0.1, -0.05) is 37.5 Å². The molecule has 0 aromatic carbocycles. The molecule has 0 aromatic heterocycles. The molecular weight excluding hydrogens is 144 g/mol. The highest BCUT2D eigenvalue weighted by Gasteiger charge is 1.96. The maximum absolute atomic E-state index is 3.10. The first-order valence-corrected chi connectivity index (χ1v) is 4.35. The average Bonchev–Trinajstić information content (AvgIpc) is 1.96. The van der Waals surface area contributed by atoms with Crippen LogP contribution in [0, 0.1) is 17.8 Å². The molecule has 0 heteroatoms. The van der Waals surface area contributed by atoms with E-state index >= 15 is 0 Å². The maximum atomic E-state index is 3.10. The summed E-state index contributed by atoms with van der Waals surface area (Å²) in [6.07, 6.45) is 4.22. The molecule has 0 atom stereocenters. The van der Waals surface area contributed by atoms with E-state index in [9.17, 15) is 0 Å². The van der Waals surface area contributed by atoms with E-state index in [1.165, 1.54) is 11.1 Å². The van der Waals surface area contributed by atoms with Crippen LogP contribution in [0.2, 0.25) is 0 Å². The summed E-state index contributed by atoms with van der Waals surface area (Å²) < 4.78 is 0. The molecule has 0 spiro atoms. The van der Waals surface area contributed by atoms with Gasteiger partial charge in [0.15, 0.2) is 0 Å². The van der Waals surface area contributed by atoms with Gasteiger partial charge in [-0.2, -0.15) is 0 Å². The Hall–Kier alpha value is -0.960. The van der Waals surface area contributed by atoms with E-state index in [1.54, 1.807) is 0 Å². The Labute approximate surface area is 76.4 Å². The largest absolute Gasteiger partial charge is 0.102 e. The van der Waals surface area contributed by atoms with Gasteiger partial charge < -0.3 is 0 Å². The van der Waals surface area contributed by atoms with Crippen molar-refractivity contribution >= 4 is 0 Å². The zero-order valence-corrected chi connectivity index (χ0v) is 8.73. The minimum atomic E-state index is 0.521. The van der Waals surface area contributed by atoms with Crippen LogP contribution in [0.4, 0.5) is 0 Å². The summed E-state index contributed by atoms with van der Waals surface area (Å²) in [7, 11) is 0. The molecule has 0 aliphatic heterocycles. The molecule has 66 valence electrons. The molecule has 0 nitrogen and oxygen atoms in total. The van der Waals surface area contributed by atoms with Crippen LogP contribution in [0.5, 0.6) is 0 Å². The third-order valence-corrected chi connectivity index (χ3v) is 1.49. The Morgan fingerprint density at radius 1 is 1.17 bits per heavy atom. The van der Waals surface area contributed by atoms with Gasteiger partial charge in [0.1, 0.15) is 0 Å². The summed E-state index contributed by atoms with van der Waals surface area (Å²) in [5.41, 5.74) is 2.52. The first-order chi connectivity index (χ1) is 5.57. The fourth-order valence-corrected chi connectivity index (χ4v) is 0.779. The normalized spacial score (nSPS) is 10.7. The molecule has 0 aromatic rings. The zero-order chi connectivity index (χ0) is 9.56. The Bertz CT molecular complexity index is 237. The molecule has 0 fully saturated rings. The van der Waals surface area contributed by atoms with Crippen molar-refractivity contribution in [3.05, 3.63) is 23.3 Å². The number of hydrogen-bond acceptors (Lipinski definition) is 0. The second-order valence-corrected chi connectivity index (χ2v) is 3.40. The number of allylic oxidation sites excluding steroid dienone is 4. The molecule has 0 radical (unpaired) electrons. The van der Waals surface area contributed by atoms with E-state index in [4.69, 9.17) is 0 Å². The number of hydrogen-bond donors (Lipinski definition) is 0. The van der Waals surface area contributed by atoms with Crippen LogP contribution < -0.4 is 0 Å². The Morgan fingerprint density at radius 3 is 2.08 bits per heavy atom. The summed E-state index contributed by atoms with van der Waals surface area (Å²) in [6, 6.07) is 0. The standard InChI is InChI=1S/C12H18/c1-6-7-12(11(4)5)9-8-10(2)3/h8-9,11H,1-5H3/b12-9-. The molecular formula is C12H18. The van der Waals surface area contributed by atoms with Crippen molar-refractivity contribution in [3.63, 3.8) is 0 Å². The number of rotatable bonds is 2. The van der Waals surface area contributed by atoms with Gasteiger partial charge in [-0.15, -0.1) is 5.92 Å². The lowest BCUT2D eigenvalue weighted by Crippen LogP contribution is -1.89. The molecule has 0 unspecified atom stereocenters. The predicted molar refractivity (Wildman–Crippen MR) is 55.8 cm³/mol. The molecule has 0 heterocycles. The molecule has 0 bridgehead atoms. The van der Waals surface area contributed by atoms with Gasteiger partial charge in [-0.3, -0.25) is 0 Å². The van der Waals surface area contributed by atoms with Crippen LogP contribution in [0.15, 0.2) is 23.3 Å². The van der Waals surface area contributed by atoms with E-state index in [0.717, 1.165) is 0 Å². The first-order valence-electron chi connectivity index (χ1n) is 4.35. The van der Waals surface area contributed by atoms with Crippen molar-refractivity contribution in [2.45, 2.75) is 34.6 Å². The van der Waals surface area contributed by atoms with E-state index in [-0.39, 0.29) is 0 Å². The highest BCUT2D eigenvalue weighted by molar-refractivity contribution is 5.33. The topological polar surface area (TPSA) is 0 Å². The molecule has 12 heavy (non-hydrogen) atoms. The minimum Gasteiger partial charge on any atom is -0.102 e. The minimum absolute atomic E-state index is 0.521. The van der Waals surface area contributed by atoms with Crippen LogP contribution >= 0.6 is 0 Å². The first kappa shape index (κ1) is 11.0. The van der Waals surface area contributed by atoms with Crippen LogP contribution in [0.25, 0.3) is 0 Å². The molecule has 0 rings (SSSR count). The lowest BCUT2D eigenvalue weighted by Gasteiger charge is -2.01. The second-order valence-electron chi connectivity index (χ2n) is 3.40. The SMILES string of the molecule is CC#C/C(=C/C=C(C)C)C(C)C. The van der Waals surface area contributed by atoms with Gasteiger partial charge >= 0.3 is 0 Å². The Kier molecular flexibility index (Phi) is 5.21. The van der Waals surface area contributed by atoms with Gasteiger partial charge in [0.25, 0.3) is 0 Å². The van der Waals surface area contributed by atoms with E-state index in [1.807, 2.05) is 6.92 Å². The smallest absolute Gasteiger partial charge is 0.00456 e. The van der Waals surface area contributed by atoms with Crippen LogP contribution in [-0.2, 0) is 0 Å². The molecule has 0 aliphatic rings. The van der Waals surface area contributed by atoms with Crippen molar-refractivity contribution in [1.82, 2.24) is 0 Å². The predicted octanol–water partition coefficient (Wildman–Crippen LogP) is 3.56. The summed E-state index contributed by atoms with van der Waals surface area (Å²) in [4.78, 5) is 0. The Balaban J connectivity index is 4.58. The molecule has 0 saturated carbocycles. The van der Waals surface area contributed by atoms with E-state index in [2.05, 4.69) is 51.7 Å². The highest BCUT2D eigenvalue weighted by Crippen LogP contribution is 2.08. The van der Waals surface area contributed by atoms with E-state index in [0.29, 0.717) is 5.92 Å². The summed E-state index contributed by atoms with van der Waals surface area (Å²) >= 11 is 0. The van der Waals surface area contributed by atoms with Crippen molar-refractivity contribution in [3.8, 4) is 11.8 Å². The molecule has 0 amide bonds. The second kappa shape index (κ2) is 5.66. The molecule has 0 saturated heterocycles. The Morgan fingerprint density at radius 2 is 1.75 bits per heavy atom.